The lowest BCUT2D eigenvalue weighted by Gasteiger charge is -2.23. The van der Waals surface area contributed by atoms with Crippen LogP contribution in [0, 0.1) is 0 Å². The maximum Gasteiger partial charge on any atom is 0.337 e. The van der Waals surface area contributed by atoms with Crippen molar-refractivity contribution < 1.29 is 9.53 Å². The number of esters is 1. The Labute approximate surface area is 119 Å². The third kappa shape index (κ3) is 2.33. The van der Waals surface area contributed by atoms with Crippen LogP contribution in [-0.4, -0.2) is 43.2 Å². The fraction of sp³-hybridized carbons (Fsp3) is 0.533. The summed E-state index contributed by atoms with van der Waals surface area (Å²) in [5.74, 6) is -0.355. The highest BCUT2D eigenvalue weighted by molar-refractivity contribution is 5.91. The summed E-state index contributed by atoms with van der Waals surface area (Å²) < 4.78 is 4.70. The number of anilines is 2. The zero-order valence-electron chi connectivity index (χ0n) is 11.8. The predicted molar refractivity (Wildman–Crippen MR) is 78.8 cm³/mol. The molecule has 2 heterocycles. The highest BCUT2D eigenvalue weighted by Crippen LogP contribution is 2.31. The molecule has 2 atom stereocenters. The van der Waals surface area contributed by atoms with E-state index >= 15 is 0 Å². The van der Waals surface area contributed by atoms with Gasteiger partial charge in [0.25, 0.3) is 0 Å². The van der Waals surface area contributed by atoms with Crippen LogP contribution in [0.25, 0.3) is 0 Å². The van der Waals surface area contributed by atoms with Gasteiger partial charge in [0.2, 0.25) is 0 Å². The van der Waals surface area contributed by atoms with Crippen LogP contribution in [0.15, 0.2) is 18.2 Å². The lowest BCUT2D eigenvalue weighted by molar-refractivity contribution is 0.0601. The van der Waals surface area contributed by atoms with Crippen LogP contribution < -0.4 is 11.1 Å². The number of ether oxygens (including phenoxy) is 1. The number of carbonyl (C=O) groups excluding carboxylic acids is 1. The summed E-state index contributed by atoms with van der Waals surface area (Å²) in [7, 11) is 1.37. The molecule has 2 saturated heterocycles. The van der Waals surface area contributed by atoms with E-state index in [-0.39, 0.29) is 5.97 Å². The molecule has 20 heavy (non-hydrogen) atoms. The first kappa shape index (κ1) is 13.2. The number of fused-ring (bicyclic) bond motifs is 1. The number of nitrogens with zero attached hydrogens (tertiary/aromatic N) is 1. The van der Waals surface area contributed by atoms with Crippen molar-refractivity contribution in [2.75, 3.05) is 31.2 Å². The van der Waals surface area contributed by atoms with Gasteiger partial charge in [0.1, 0.15) is 0 Å². The monoisotopic (exact) mass is 275 g/mol. The molecule has 0 bridgehead atoms. The van der Waals surface area contributed by atoms with Gasteiger partial charge in [0, 0.05) is 18.6 Å². The van der Waals surface area contributed by atoms with Crippen LogP contribution in [0.4, 0.5) is 11.4 Å². The van der Waals surface area contributed by atoms with Crippen LogP contribution >= 0.6 is 0 Å². The van der Waals surface area contributed by atoms with E-state index in [4.69, 9.17) is 10.5 Å². The molecule has 2 aliphatic heterocycles. The molecule has 0 amide bonds. The van der Waals surface area contributed by atoms with Crippen LogP contribution in [-0.2, 0) is 4.74 Å². The van der Waals surface area contributed by atoms with E-state index in [1.54, 1.807) is 12.1 Å². The van der Waals surface area contributed by atoms with Gasteiger partial charge in [-0.2, -0.15) is 0 Å². The molecule has 1 aromatic carbocycles. The van der Waals surface area contributed by atoms with Gasteiger partial charge in [-0.05, 0) is 44.0 Å². The summed E-state index contributed by atoms with van der Waals surface area (Å²) in [6.45, 7) is 2.39. The summed E-state index contributed by atoms with van der Waals surface area (Å²) >= 11 is 0. The van der Waals surface area contributed by atoms with Gasteiger partial charge in [-0.3, -0.25) is 4.90 Å². The van der Waals surface area contributed by atoms with Crippen molar-refractivity contribution in [2.45, 2.75) is 31.3 Å². The number of carbonyl (C=O) groups is 1. The van der Waals surface area contributed by atoms with E-state index in [0.717, 1.165) is 12.1 Å². The van der Waals surface area contributed by atoms with Crippen molar-refractivity contribution in [3.05, 3.63) is 23.8 Å². The number of methoxy groups -OCH3 is 1. The molecule has 0 saturated carbocycles. The van der Waals surface area contributed by atoms with Gasteiger partial charge in [-0.25, -0.2) is 4.79 Å². The molecule has 2 unspecified atom stereocenters. The third-order valence-corrected chi connectivity index (χ3v) is 4.42. The summed E-state index contributed by atoms with van der Waals surface area (Å²) in [4.78, 5) is 14.0. The maximum atomic E-state index is 11.5. The largest absolute Gasteiger partial charge is 0.465 e. The molecule has 3 N–H and O–H groups in total. The minimum Gasteiger partial charge on any atom is -0.465 e. The second-order valence-electron chi connectivity index (χ2n) is 5.58. The van der Waals surface area contributed by atoms with Crippen LogP contribution in [0.1, 0.15) is 29.6 Å². The Bertz CT molecular complexity index is 518. The van der Waals surface area contributed by atoms with Gasteiger partial charge in [-0.15, -0.1) is 0 Å². The van der Waals surface area contributed by atoms with Crippen LogP contribution in [0.2, 0.25) is 0 Å². The minimum atomic E-state index is -0.355. The zero-order valence-corrected chi connectivity index (χ0v) is 11.8. The second kappa shape index (κ2) is 5.32. The summed E-state index contributed by atoms with van der Waals surface area (Å²) in [6.07, 6.45) is 3.71. The molecule has 5 heteroatoms. The highest BCUT2D eigenvalue weighted by Gasteiger charge is 2.37. The third-order valence-electron chi connectivity index (χ3n) is 4.42. The molecule has 3 rings (SSSR count). The van der Waals surface area contributed by atoms with Crippen molar-refractivity contribution in [1.82, 2.24) is 4.90 Å². The average molecular weight is 275 g/mol. The minimum absolute atomic E-state index is 0.355. The molecule has 108 valence electrons. The number of nitrogens with two attached hydrogens (primary N) is 1. The molecule has 1 aromatic rings. The maximum absolute atomic E-state index is 11.5. The Kier molecular flexibility index (Phi) is 3.53. The number of nitrogens with one attached hydrogen (secondary N) is 1. The fourth-order valence-corrected chi connectivity index (χ4v) is 3.39. The molecule has 0 aliphatic carbocycles. The molecule has 0 aromatic heterocycles. The molecule has 2 aliphatic rings. The smallest absolute Gasteiger partial charge is 0.337 e. The Morgan fingerprint density at radius 2 is 2.25 bits per heavy atom. The molecule has 2 fully saturated rings. The summed E-state index contributed by atoms with van der Waals surface area (Å²) in [5.41, 5.74) is 8.05. The first-order chi connectivity index (χ1) is 9.69. The first-order valence-corrected chi connectivity index (χ1v) is 7.17. The fourth-order valence-electron chi connectivity index (χ4n) is 3.39. The van der Waals surface area contributed by atoms with Gasteiger partial charge in [0.05, 0.1) is 24.0 Å². The van der Waals surface area contributed by atoms with Crippen molar-refractivity contribution in [1.29, 1.82) is 0 Å². The molecule has 5 nitrogen and oxygen atoms in total. The topological polar surface area (TPSA) is 67.6 Å². The number of rotatable bonds is 3. The first-order valence-electron chi connectivity index (χ1n) is 7.17. The van der Waals surface area contributed by atoms with Gasteiger partial charge >= 0.3 is 5.97 Å². The van der Waals surface area contributed by atoms with Gasteiger partial charge in [0.15, 0.2) is 0 Å². The predicted octanol–water partition coefficient (Wildman–Crippen LogP) is 1.70. The summed E-state index contributed by atoms with van der Waals surface area (Å²) in [6, 6.07) is 6.40. The van der Waals surface area contributed by atoms with E-state index < -0.39 is 0 Å². The standard InChI is InChI=1S/C15H21N3O2/c1-20-15(19)10-4-5-12(11(16)9-10)17-13-6-8-18-7-2-3-14(13)18/h4-5,9,13-14,17H,2-3,6-8,16H2,1H3. The van der Waals surface area contributed by atoms with Crippen molar-refractivity contribution in [3.63, 3.8) is 0 Å². The number of benzene rings is 1. The molecular formula is C15H21N3O2. The Balaban J connectivity index is 1.73. The van der Waals surface area contributed by atoms with Crippen molar-refractivity contribution >= 4 is 17.3 Å². The molecular weight excluding hydrogens is 254 g/mol. The molecule has 0 radical (unpaired) electrons. The lowest BCUT2D eigenvalue weighted by atomic mass is 10.1. The van der Waals surface area contributed by atoms with Crippen LogP contribution in [0.5, 0.6) is 0 Å². The normalized spacial score (nSPS) is 25.4. The van der Waals surface area contributed by atoms with E-state index in [0.29, 0.717) is 23.3 Å². The zero-order chi connectivity index (χ0) is 14.1. The molecule has 0 spiro atoms. The Hall–Kier alpha value is -1.75. The van der Waals surface area contributed by atoms with E-state index in [1.807, 2.05) is 6.07 Å². The van der Waals surface area contributed by atoms with E-state index in [9.17, 15) is 4.79 Å². The number of nitrogen functional groups attached to an aromatic ring is 1. The average Bonchev–Trinajstić information content (AvgIpc) is 3.04. The Morgan fingerprint density at radius 1 is 1.40 bits per heavy atom. The Morgan fingerprint density at radius 3 is 3.00 bits per heavy atom. The number of hydrogen-bond acceptors (Lipinski definition) is 5. The van der Waals surface area contributed by atoms with Crippen LogP contribution in [0.3, 0.4) is 0 Å². The SMILES string of the molecule is COC(=O)c1ccc(NC2CCN3CCCC23)c(N)c1. The second-order valence-corrected chi connectivity index (χ2v) is 5.58. The summed E-state index contributed by atoms with van der Waals surface area (Å²) in [5, 5.41) is 3.55. The quantitative estimate of drug-likeness (QED) is 0.649. The van der Waals surface area contributed by atoms with Crippen molar-refractivity contribution in [2.24, 2.45) is 0 Å². The van der Waals surface area contributed by atoms with Crippen molar-refractivity contribution in [3.8, 4) is 0 Å². The van der Waals surface area contributed by atoms with E-state index in [1.165, 1.54) is 33.0 Å². The lowest BCUT2D eigenvalue weighted by Crippen LogP contribution is -2.33. The van der Waals surface area contributed by atoms with E-state index in [2.05, 4.69) is 10.2 Å². The highest BCUT2D eigenvalue weighted by atomic mass is 16.5. The van der Waals surface area contributed by atoms with Gasteiger partial charge in [-0.1, -0.05) is 0 Å². The van der Waals surface area contributed by atoms with Gasteiger partial charge < -0.3 is 15.8 Å². The number of hydrogen-bond donors (Lipinski definition) is 2.